The van der Waals surface area contributed by atoms with Gasteiger partial charge in [0.05, 0.1) is 38.7 Å². The van der Waals surface area contributed by atoms with Gasteiger partial charge in [-0.2, -0.15) is 0 Å². The molecule has 0 spiro atoms. The van der Waals surface area contributed by atoms with Crippen LogP contribution in [0.4, 0.5) is 11.4 Å². The summed E-state index contributed by atoms with van der Waals surface area (Å²) in [4.78, 5) is 13.7. The molecule has 5 rings (SSSR count). The number of allylic oxidation sites excluding steroid dienone is 1. The van der Waals surface area contributed by atoms with Gasteiger partial charge < -0.3 is 24.8 Å². The first kappa shape index (κ1) is 21.9. The SMILES string of the molecule is COc1ccc([C@@H]2CC(=O)C3=C(C2)Nc2ccccc2N[C@@H]3c2ccc(OC)cc2OC)cc1. The van der Waals surface area contributed by atoms with E-state index >= 15 is 0 Å². The molecule has 3 aromatic carbocycles. The van der Waals surface area contributed by atoms with Gasteiger partial charge in [0.15, 0.2) is 5.78 Å². The van der Waals surface area contributed by atoms with Crippen molar-refractivity contribution in [2.45, 2.75) is 24.8 Å². The maximum absolute atomic E-state index is 13.7. The molecule has 0 fully saturated rings. The molecule has 1 heterocycles. The van der Waals surface area contributed by atoms with Gasteiger partial charge in [-0.3, -0.25) is 4.79 Å². The highest BCUT2D eigenvalue weighted by atomic mass is 16.5. The number of carbonyl (C=O) groups excluding carboxylic acids is 1. The average molecular weight is 457 g/mol. The Bertz CT molecular complexity index is 1250. The molecule has 2 aliphatic rings. The fraction of sp³-hybridized carbons (Fsp3) is 0.250. The molecule has 0 radical (unpaired) electrons. The van der Waals surface area contributed by atoms with Gasteiger partial charge in [0, 0.05) is 29.3 Å². The highest BCUT2D eigenvalue weighted by molar-refractivity contribution is 6.01. The van der Waals surface area contributed by atoms with E-state index in [2.05, 4.69) is 22.8 Å². The second kappa shape index (κ2) is 9.14. The number of nitrogens with one attached hydrogen (secondary N) is 2. The number of hydrogen-bond acceptors (Lipinski definition) is 6. The summed E-state index contributed by atoms with van der Waals surface area (Å²) < 4.78 is 16.4. The fourth-order valence-corrected chi connectivity index (χ4v) is 4.89. The van der Waals surface area contributed by atoms with E-state index in [1.165, 1.54) is 0 Å². The number of methoxy groups -OCH3 is 3. The number of fused-ring (bicyclic) bond motifs is 1. The number of Topliss-reactive ketones (excluding diaryl/α,β-unsaturated/α-hetero) is 1. The largest absolute Gasteiger partial charge is 0.497 e. The first-order valence-corrected chi connectivity index (χ1v) is 11.4. The quantitative estimate of drug-likeness (QED) is 0.514. The van der Waals surface area contributed by atoms with Crippen molar-refractivity contribution >= 4 is 17.2 Å². The molecule has 0 unspecified atom stereocenters. The third-order valence-electron chi connectivity index (χ3n) is 6.65. The molecular formula is C28H28N2O4. The molecule has 174 valence electrons. The van der Waals surface area contributed by atoms with Crippen molar-refractivity contribution in [3.63, 3.8) is 0 Å². The van der Waals surface area contributed by atoms with Gasteiger partial charge >= 0.3 is 0 Å². The van der Waals surface area contributed by atoms with Gasteiger partial charge in [-0.1, -0.05) is 24.3 Å². The van der Waals surface area contributed by atoms with Crippen molar-refractivity contribution in [1.82, 2.24) is 0 Å². The Morgan fingerprint density at radius 3 is 2.21 bits per heavy atom. The monoisotopic (exact) mass is 456 g/mol. The van der Waals surface area contributed by atoms with Crippen LogP contribution < -0.4 is 24.8 Å². The molecule has 0 amide bonds. The number of anilines is 2. The molecule has 1 aliphatic heterocycles. The summed E-state index contributed by atoms with van der Waals surface area (Å²) in [6.45, 7) is 0. The van der Waals surface area contributed by atoms with Gasteiger partial charge in [0.25, 0.3) is 0 Å². The summed E-state index contributed by atoms with van der Waals surface area (Å²) in [6, 6.07) is 21.4. The highest BCUT2D eigenvalue weighted by Crippen LogP contribution is 2.46. The van der Waals surface area contributed by atoms with Crippen LogP contribution in [-0.4, -0.2) is 27.1 Å². The zero-order valence-electron chi connectivity index (χ0n) is 19.6. The van der Waals surface area contributed by atoms with Gasteiger partial charge in [0.2, 0.25) is 0 Å². The van der Waals surface area contributed by atoms with Crippen LogP contribution >= 0.6 is 0 Å². The minimum Gasteiger partial charge on any atom is -0.497 e. The summed E-state index contributed by atoms with van der Waals surface area (Å²) in [5.41, 5.74) is 5.61. The van der Waals surface area contributed by atoms with E-state index < -0.39 is 0 Å². The van der Waals surface area contributed by atoms with Crippen LogP contribution in [0.15, 0.2) is 78.0 Å². The molecule has 1 aliphatic carbocycles. The smallest absolute Gasteiger partial charge is 0.163 e. The van der Waals surface area contributed by atoms with Gasteiger partial charge in [-0.25, -0.2) is 0 Å². The third kappa shape index (κ3) is 3.96. The minimum atomic E-state index is -0.351. The molecule has 0 aromatic heterocycles. The number of para-hydroxylation sites is 2. The number of hydrogen-bond donors (Lipinski definition) is 2. The molecule has 2 N–H and O–H groups in total. The Balaban J connectivity index is 1.60. The van der Waals surface area contributed by atoms with E-state index in [0.717, 1.165) is 45.9 Å². The van der Waals surface area contributed by atoms with Crippen LogP contribution in [0.25, 0.3) is 0 Å². The summed E-state index contributed by atoms with van der Waals surface area (Å²) >= 11 is 0. The zero-order chi connectivity index (χ0) is 23.7. The van der Waals surface area contributed by atoms with Crippen LogP contribution in [0.1, 0.15) is 35.9 Å². The predicted octanol–water partition coefficient (Wildman–Crippen LogP) is 5.69. The third-order valence-corrected chi connectivity index (χ3v) is 6.65. The second-order valence-electron chi connectivity index (χ2n) is 8.55. The molecule has 0 bridgehead atoms. The maximum atomic E-state index is 13.7. The lowest BCUT2D eigenvalue weighted by atomic mass is 9.78. The summed E-state index contributed by atoms with van der Waals surface area (Å²) in [5.74, 6) is 2.40. The first-order chi connectivity index (χ1) is 16.6. The first-order valence-electron chi connectivity index (χ1n) is 11.4. The van der Waals surface area contributed by atoms with Gasteiger partial charge in [0.1, 0.15) is 17.2 Å². The number of rotatable bonds is 5. The molecule has 2 atom stereocenters. The van der Waals surface area contributed by atoms with E-state index in [1.54, 1.807) is 21.3 Å². The minimum absolute atomic E-state index is 0.0910. The Kier molecular flexibility index (Phi) is 5.88. The number of ketones is 1. The van der Waals surface area contributed by atoms with Crippen LogP contribution in [0.3, 0.4) is 0 Å². The molecular weight excluding hydrogens is 428 g/mol. The Morgan fingerprint density at radius 2 is 1.50 bits per heavy atom. The van der Waals surface area contributed by atoms with Crippen LogP contribution in [0.2, 0.25) is 0 Å². The van der Waals surface area contributed by atoms with E-state index in [-0.39, 0.29) is 17.7 Å². The average Bonchev–Trinajstić information content (AvgIpc) is 3.05. The normalized spacial score (nSPS) is 19.2. The number of carbonyl (C=O) groups is 1. The predicted molar refractivity (Wildman–Crippen MR) is 133 cm³/mol. The van der Waals surface area contributed by atoms with Crippen molar-refractivity contribution in [3.05, 3.63) is 89.1 Å². The molecule has 0 saturated heterocycles. The zero-order valence-corrected chi connectivity index (χ0v) is 19.6. The molecule has 34 heavy (non-hydrogen) atoms. The number of ether oxygens (including phenoxy) is 3. The Labute approximate surface area is 199 Å². The Hall–Kier alpha value is -3.93. The van der Waals surface area contributed by atoms with Crippen LogP contribution in [0, 0.1) is 0 Å². The lowest BCUT2D eigenvalue weighted by Crippen LogP contribution is -2.27. The van der Waals surface area contributed by atoms with E-state index in [4.69, 9.17) is 14.2 Å². The van der Waals surface area contributed by atoms with E-state index in [0.29, 0.717) is 17.9 Å². The van der Waals surface area contributed by atoms with E-state index in [9.17, 15) is 4.79 Å². The highest BCUT2D eigenvalue weighted by Gasteiger charge is 2.37. The van der Waals surface area contributed by atoms with Crippen LogP contribution in [-0.2, 0) is 4.79 Å². The summed E-state index contributed by atoms with van der Waals surface area (Å²) in [5, 5.41) is 7.19. The fourth-order valence-electron chi connectivity index (χ4n) is 4.89. The molecule has 0 saturated carbocycles. The molecule has 6 heteroatoms. The lowest BCUT2D eigenvalue weighted by molar-refractivity contribution is -0.116. The van der Waals surface area contributed by atoms with Crippen molar-refractivity contribution in [1.29, 1.82) is 0 Å². The summed E-state index contributed by atoms with van der Waals surface area (Å²) in [6.07, 6.45) is 1.18. The number of benzene rings is 3. The molecule has 3 aromatic rings. The van der Waals surface area contributed by atoms with Crippen molar-refractivity contribution in [2.75, 3.05) is 32.0 Å². The van der Waals surface area contributed by atoms with Gasteiger partial charge in [-0.05, 0) is 54.3 Å². The second-order valence-corrected chi connectivity index (χ2v) is 8.55. The van der Waals surface area contributed by atoms with Gasteiger partial charge in [-0.15, -0.1) is 0 Å². The molecule has 6 nitrogen and oxygen atoms in total. The van der Waals surface area contributed by atoms with Crippen molar-refractivity contribution in [2.24, 2.45) is 0 Å². The standard InChI is InChI=1S/C28H28N2O4/c1-32-19-10-8-17(9-11-19)18-14-24-27(25(31)15-18)28(30-23-7-5-4-6-22(23)29-24)21-13-12-20(33-2)16-26(21)34-3/h4-13,16,18,28-30H,14-15H2,1-3H3/t18-,28+/m0/s1. The van der Waals surface area contributed by atoms with Crippen LogP contribution in [0.5, 0.6) is 17.2 Å². The Morgan fingerprint density at radius 1 is 0.794 bits per heavy atom. The maximum Gasteiger partial charge on any atom is 0.163 e. The van der Waals surface area contributed by atoms with Crippen molar-refractivity contribution in [3.8, 4) is 17.2 Å². The van der Waals surface area contributed by atoms with Crippen molar-refractivity contribution < 1.29 is 19.0 Å². The topological polar surface area (TPSA) is 68.8 Å². The van der Waals surface area contributed by atoms with E-state index in [1.807, 2.05) is 54.6 Å². The summed E-state index contributed by atoms with van der Waals surface area (Å²) in [7, 11) is 4.92. The lowest BCUT2D eigenvalue weighted by Gasteiger charge is -2.30.